The van der Waals surface area contributed by atoms with Gasteiger partial charge in [-0.1, -0.05) is 12.1 Å². The minimum Gasteiger partial charge on any atom is -0.508 e. The maximum atomic E-state index is 12.0. The second kappa shape index (κ2) is 7.84. The molecule has 0 fully saturated rings. The smallest absolute Gasteiger partial charge is 0.338 e. The van der Waals surface area contributed by atoms with Crippen LogP contribution in [0, 0.1) is 0 Å². The van der Waals surface area contributed by atoms with Crippen molar-refractivity contribution in [1.29, 1.82) is 0 Å². The van der Waals surface area contributed by atoms with Crippen LogP contribution in [0.15, 0.2) is 60.0 Å². The number of nitrogens with one attached hydrogen (secondary N) is 2. The van der Waals surface area contributed by atoms with Crippen molar-refractivity contribution in [3.8, 4) is 0 Å². The van der Waals surface area contributed by atoms with Crippen LogP contribution in [0.2, 0.25) is 0 Å². The molecule has 0 atom stereocenters. The molecule has 2 rings (SSSR count). The minimum absolute atomic E-state index is 0.153. The Bertz CT molecular complexity index is 690. The van der Waals surface area contributed by atoms with Crippen LogP contribution in [0.4, 0.5) is 10.5 Å². The standard InChI is InChI=1S/C17H18N2O4/c1-2-23-16(21)12-5-3-7-14(11-12)19-17(22)18-13-6-4-8-15(20)10-9-13/h3,5-11,20H,2,4H2,1H3,(H2,18,19,22). The molecule has 2 amide bonds. The molecule has 120 valence electrons. The number of allylic oxidation sites excluding steroid dienone is 4. The van der Waals surface area contributed by atoms with Gasteiger partial charge in [-0.25, -0.2) is 9.59 Å². The van der Waals surface area contributed by atoms with Gasteiger partial charge in [-0.3, -0.25) is 0 Å². The molecule has 3 N–H and O–H groups in total. The van der Waals surface area contributed by atoms with E-state index in [1.165, 1.54) is 6.08 Å². The normalized spacial score (nSPS) is 13.4. The van der Waals surface area contributed by atoms with E-state index in [4.69, 9.17) is 4.74 Å². The molecule has 0 heterocycles. The molecule has 0 aromatic heterocycles. The van der Waals surface area contributed by atoms with E-state index >= 15 is 0 Å². The number of hydrogen-bond donors (Lipinski definition) is 3. The number of hydrogen-bond acceptors (Lipinski definition) is 4. The first-order valence-electron chi connectivity index (χ1n) is 7.21. The van der Waals surface area contributed by atoms with Crippen LogP contribution in [-0.2, 0) is 4.74 Å². The molecule has 0 aliphatic heterocycles. The first-order valence-corrected chi connectivity index (χ1v) is 7.21. The van der Waals surface area contributed by atoms with Gasteiger partial charge in [-0.2, -0.15) is 0 Å². The van der Waals surface area contributed by atoms with Gasteiger partial charge in [0.05, 0.1) is 12.2 Å². The average Bonchev–Trinajstić information content (AvgIpc) is 2.72. The summed E-state index contributed by atoms with van der Waals surface area (Å²) in [5.41, 5.74) is 1.42. The summed E-state index contributed by atoms with van der Waals surface area (Å²) < 4.78 is 4.92. The highest BCUT2D eigenvalue weighted by Crippen LogP contribution is 2.12. The summed E-state index contributed by atoms with van der Waals surface area (Å²) in [5, 5.41) is 14.7. The first kappa shape index (κ1) is 16.4. The van der Waals surface area contributed by atoms with Crippen LogP contribution >= 0.6 is 0 Å². The fourth-order valence-electron chi connectivity index (χ4n) is 1.94. The number of rotatable bonds is 4. The fourth-order valence-corrected chi connectivity index (χ4v) is 1.94. The lowest BCUT2D eigenvalue weighted by atomic mass is 10.2. The van der Waals surface area contributed by atoms with Crippen LogP contribution < -0.4 is 10.6 Å². The van der Waals surface area contributed by atoms with Crippen molar-refractivity contribution < 1.29 is 19.4 Å². The molecule has 23 heavy (non-hydrogen) atoms. The molecule has 0 spiro atoms. The van der Waals surface area contributed by atoms with Gasteiger partial charge in [0.2, 0.25) is 0 Å². The van der Waals surface area contributed by atoms with Gasteiger partial charge in [-0.15, -0.1) is 0 Å². The Balaban J connectivity index is 1.98. The highest BCUT2D eigenvalue weighted by atomic mass is 16.5. The quantitative estimate of drug-likeness (QED) is 0.744. The fraction of sp³-hybridized carbons (Fsp3) is 0.176. The topological polar surface area (TPSA) is 87.7 Å². The zero-order valence-electron chi connectivity index (χ0n) is 12.7. The molecule has 1 aliphatic carbocycles. The third-order valence-corrected chi connectivity index (χ3v) is 2.99. The number of aliphatic hydroxyl groups is 1. The van der Waals surface area contributed by atoms with Gasteiger partial charge < -0.3 is 20.5 Å². The largest absolute Gasteiger partial charge is 0.508 e. The van der Waals surface area contributed by atoms with E-state index in [1.54, 1.807) is 49.4 Å². The Kier molecular flexibility index (Phi) is 5.57. The number of anilines is 1. The van der Waals surface area contributed by atoms with Crippen molar-refractivity contribution in [2.24, 2.45) is 0 Å². The van der Waals surface area contributed by atoms with E-state index in [0.29, 0.717) is 30.0 Å². The minimum atomic E-state index is -0.441. The van der Waals surface area contributed by atoms with Crippen LogP contribution in [0.5, 0.6) is 0 Å². The average molecular weight is 314 g/mol. The number of benzene rings is 1. The Labute approximate surface area is 134 Å². The lowest BCUT2D eigenvalue weighted by Gasteiger charge is -2.09. The molecule has 1 aliphatic rings. The van der Waals surface area contributed by atoms with Gasteiger partial charge in [0.25, 0.3) is 0 Å². The number of carbonyl (C=O) groups excluding carboxylic acids is 2. The van der Waals surface area contributed by atoms with E-state index in [0.717, 1.165) is 0 Å². The molecule has 6 heteroatoms. The van der Waals surface area contributed by atoms with Gasteiger partial charge in [0.1, 0.15) is 5.76 Å². The molecular formula is C17H18N2O4. The molecule has 1 aromatic carbocycles. The molecule has 0 unspecified atom stereocenters. The number of amides is 2. The molecule has 6 nitrogen and oxygen atoms in total. The predicted molar refractivity (Wildman–Crippen MR) is 87.1 cm³/mol. The number of carbonyl (C=O) groups is 2. The Hall–Kier alpha value is -3.02. The monoisotopic (exact) mass is 314 g/mol. The number of esters is 1. The summed E-state index contributed by atoms with van der Waals surface area (Å²) >= 11 is 0. The second-order valence-electron chi connectivity index (χ2n) is 4.74. The van der Waals surface area contributed by atoms with Crippen LogP contribution in [0.25, 0.3) is 0 Å². The van der Waals surface area contributed by atoms with Crippen molar-refractivity contribution in [3.63, 3.8) is 0 Å². The molecule has 0 bridgehead atoms. The van der Waals surface area contributed by atoms with Gasteiger partial charge in [0, 0.05) is 11.4 Å². The third-order valence-electron chi connectivity index (χ3n) is 2.99. The summed E-state index contributed by atoms with van der Waals surface area (Å²) in [4.78, 5) is 23.7. The lowest BCUT2D eigenvalue weighted by molar-refractivity contribution is 0.0526. The van der Waals surface area contributed by atoms with E-state index in [2.05, 4.69) is 10.6 Å². The van der Waals surface area contributed by atoms with Gasteiger partial charge >= 0.3 is 12.0 Å². The van der Waals surface area contributed by atoms with Crippen molar-refractivity contribution in [3.05, 3.63) is 65.6 Å². The highest BCUT2D eigenvalue weighted by molar-refractivity contribution is 5.94. The maximum Gasteiger partial charge on any atom is 0.338 e. The van der Waals surface area contributed by atoms with E-state index in [1.807, 2.05) is 0 Å². The predicted octanol–water partition coefficient (Wildman–Crippen LogP) is 3.27. The highest BCUT2D eigenvalue weighted by Gasteiger charge is 2.09. The summed E-state index contributed by atoms with van der Waals surface area (Å²) in [6, 6.07) is 6.05. The van der Waals surface area contributed by atoms with Crippen LogP contribution in [0.1, 0.15) is 23.7 Å². The van der Waals surface area contributed by atoms with Crippen molar-refractivity contribution in [2.45, 2.75) is 13.3 Å². The first-order chi connectivity index (χ1) is 11.1. The van der Waals surface area contributed by atoms with Gasteiger partial charge in [0.15, 0.2) is 0 Å². The van der Waals surface area contributed by atoms with Crippen molar-refractivity contribution in [1.82, 2.24) is 5.32 Å². The zero-order valence-corrected chi connectivity index (χ0v) is 12.7. The van der Waals surface area contributed by atoms with E-state index in [-0.39, 0.29) is 5.76 Å². The lowest BCUT2D eigenvalue weighted by Crippen LogP contribution is -2.27. The molecule has 0 radical (unpaired) electrons. The number of ether oxygens (including phenoxy) is 1. The summed E-state index contributed by atoms with van der Waals surface area (Å²) in [5.74, 6) is -0.284. The molecule has 0 saturated carbocycles. The van der Waals surface area contributed by atoms with Crippen LogP contribution in [-0.4, -0.2) is 23.7 Å². The molecule has 1 aromatic rings. The summed E-state index contributed by atoms with van der Waals surface area (Å²) in [6.07, 6.45) is 7.03. The number of urea groups is 1. The van der Waals surface area contributed by atoms with Gasteiger partial charge in [-0.05, 0) is 49.8 Å². The number of aliphatic hydroxyl groups excluding tert-OH is 1. The molecular weight excluding hydrogens is 296 g/mol. The van der Waals surface area contributed by atoms with Crippen molar-refractivity contribution in [2.75, 3.05) is 11.9 Å². The Morgan fingerprint density at radius 2 is 2.04 bits per heavy atom. The Morgan fingerprint density at radius 3 is 2.83 bits per heavy atom. The molecule has 0 saturated heterocycles. The second-order valence-corrected chi connectivity index (χ2v) is 4.74. The summed E-state index contributed by atoms with van der Waals surface area (Å²) in [6.45, 7) is 2.02. The summed E-state index contributed by atoms with van der Waals surface area (Å²) in [7, 11) is 0. The van der Waals surface area contributed by atoms with E-state index < -0.39 is 12.0 Å². The maximum absolute atomic E-state index is 12.0. The Morgan fingerprint density at radius 1 is 1.22 bits per heavy atom. The van der Waals surface area contributed by atoms with E-state index in [9.17, 15) is 14.7 Å². The van der Waals surface area contributed by atoms with Crippen LogP contribution in [0.3, 0.4) is 0 Å². The van der Waals surface area contributed by atoms with Crippen molar-refractivity contribution >= 4 is 17.7 Å². The SMILES string of the molecule is CCOC(=O)c1cccc(NC(=O)NC2=CCC=C(O)C=C2)c1. The third kappa shape index (κ3) is 5.03. The zero-order chi connectivity index (χ0) is 16.7.